The summed E-state index contributed by atoms with van der Waals surface area (Å²) >= 11 is 2.25. The summed E-state index contributed by atoms with van der Waals surface area (Å²) in [4.78, 5) is 0. The Morgan fingerprint density at radius 2 is 2.27 bits per heavy atom. The van der Waals surface area contributed by atoms with E-state index >= 15 is 0 Å². The van der Waals surface area contributed by atoms with E-state index in [1.54, 1.807) is 7.11 Å². The van der Waals surface area contributed by atoms with E-state index in [0.29, 0.717) is 6.61 Å². The second-order valence-corrected chi connectivity index (χ2v) is 4.64. The molecule has 0 N–H and O–H groups in total. The van der Waals surface area contributed by atoms with Crippen molar-refractivity contribution in [2.45, 2.75) is 12.5 Å². The van der Waals surface area contributed by atoms with Crippen LogP contribution in [0.2, 0.25) is 0 Å². The summed E-state index contributed by atoms with van der Waals surface area (Å²) in [6, 6.07) is 5.92. The Balaban J connectivity index is 2.12. The van der Waals surface area contributed by atoms with Gasteiger partial charge in [-0.1, -0.05) is 0 Å². The lowest BCUT2D eigenvalue weighted by molar-refractivity contribution is 0.138. The topological polar surface area (TPSA) is 27.7 Å². The largest absolute Gasteiger partial charge is 0.493 e. The van der Waals surface area contributed by atoms with Crippen LogP contribution in [0.3, 0.4) is 0 Å². The molecule has 0 bridgehead atoms. The fraction of sp³-hybridized carbons (Fsp3) is 0.455. The lowest BCUT2D eigenvalue weighted by atomic mass is 10.3. The summed E-state index contributed by atoms with van der Waals surface area (Å²) in [5.74, 6) is 1.59. The molecule has 1 aromatic carbocycles. The third-order valence-electron chi connectivity index (χ3n) is 2.31. The van der Waals surface area contributed by atoms with E-state index in [1.807, 2.05) is 18.2 Å². The van der Waals surface area contributed by atoms with Crippen molar-refractivity contribution in [2.24, 2.45) is 0 Å². The average Bonchev–Trinajstić information content (AvgIpc) is 2.73. The zero-order chi connectivity index (χ0) is 10.7. The highest BCUT2D eigenvalue weighted by atomic mass is 127. The van der Waals surface area contributed by atoms with Crippen molar-refractivity contribution in [2.75, 3.05) is 20.3 Å². The number of ether oxygens (including phenoxy) is 3. The molecule has 1 heterocycles. The van der Waals surface area contributed by atoms with Gasteiger partial charge in [0.05, 0.1) is 20.3 Å². The van der Waals surface area contributed by atoms with Gasteiger partial charge in [-0.15, -0.1) is 0 Å². The number of hydrogen-bond donors (Lipinski definition) is 0. The van der Waals surface area contributed by atoms with Gasteiger partial charge >= 0.3 is 0 Å². The Labute approximate surface area is 103 Å². The number of hydrogen-bond acceptors (Lipinski definition) is 3. The van der Waals surface area contributed by atoms with Gasteiger partial charge in [0.25, 0.3) is 0 Å². The molecule has 0 spiro atoms. The van der Waals surface area contributed by atoms with Gasteiger partial charge in [0, 0.05) is 9.99 Å². The third-order valence-corrected chi connectivity index (χ3v) is 2.98. The molecule has 0 aliphatic carbocycles. The summed E-state index contributed by atoms with van der Waals surface area (Å²) in [6.45, 7) is 1.46. The van der Waals surface area contributed by atoms with Crippen LogP contribution in [0.25, 0.3) is 0 Å². The summed E-state index contributed by atoms with van der Waals surface area (Å²) < 4.78 is 17.5. The Kier molecular flexibility index (Phi) is 3.69. The van der Waals surface area contributed by atoms with Crippen molar-refractivity contribution >= 4 is 22.6 Å². The van der Waals surface area contributed by atoms with Gasteiger partial charge in [-0.05, 0) is 40.8 Å². The monoisotopic (exact) mass is 320 g/mol. The van der Waals surface area contributed by atoms with Crippen molar-refractivity contribution in [3.05, 3.63) is 21.8 Å². The molecule has 0 aromatic heterocycles. The summed E-state index contributed by atoms with van der Waals surface area (Å²) in [5, 5.41) is 0. The quantitative estimate of drug-likeness (QED) is 0.801. The van der Waals surface area contributed by atoms with E-state index in [1.165, 1.54) is 0 Å². The molecule has 0 radical (unpaired) electrons. The highest BCUT2D eigenvalue weighted by Crippen LogP contribution is 2.30. The molecule has 0 saturated carbocycles. The van der Waals surface area contributed by atoms with Crippen molar-refractivity contribution in [1.82, 2.24) is 0 Å². The first-order valence-corrected chi connectivity index (χ1v) is 5.95. The Hall–Kier alpha value is -0.490. The second-order valence-electron chi connectivity index (χ2n) is 3.40. The van der Waals surface area contributed by atoms with Gasteiger partial charge in [0.1, 0.15) is 6.10 Å². The van der Waals surface area contributed by atoms with E-state index in [-0.39, 0.29) is 6.10 Å². The number of benzene rings is 1. The van der Waals surface area contributed by atoms with Crippen molar-refractivity contribution in [3.63, 3.8) is 0 Å². The van der Waals surface area contributed by atoms with Gasteiger partial charge in [0.15, 0.2) is 11.5 Å². The van der Waals surface area contributed by atoms with Gasteiger partial charge in [0.2, 0.25) is 0 Å². The maximum Gasteiger partial charge on any atom is 0.161 e. The first-order valence-electron chi connectivity index (χ1n) is 4.87. The standard InChI is InChI=1S/C11H13IO3/c1-13-11-6-8(12)2-3-10(11)15-9-4-5-14-7-9/h2-3,6,9H,4-5,7H2,1H3. The molecular formula is C11H13IO3. The Morgan fingerprint density at radius 3 is 2.93 bits per heavy atom. The van der Waals surface area contributed by atoms with Crippen molar-refractivity contribution in [1.29, 1.82) is 0 Å². The molecule has 1 aromatic rings. The third kappa shape index (κ3) is 2.75. The van der Waals surface area contributed by atoms with Crippen LogP contribution in [0, 0.1) is 3.57 Å². The van der Waals surface area contributed by atoms with Gasteiger partial charge in [-0.25, -0.2) is 0 Å². The smallest absolute Gasteiger partial charge is 0.161 e. The molecular weight excluding hydrogens is 307 g/mol. The van der Waals surface area contributed by atoms with Gasteiger partial charge in [-0.2, -0.15) is 0 Å². The first kappa shape index (κ1) is 11.0. The van der Waals surface area contributed by atoms with Crippen LogP contribution in [-0.4, -0.2) is 26.4 Å². The van der Waals surface area contributed by atoms with Crippen molar-refractivity contribution < 1.29 is 14.2 Å². The van der Waals surface area contributed by atoms with E-state index in [9.17, 15) is 0 Å². The Bertz CT molecular complexity index is 335. The van der Waals surface area contributed by atoms with Crippen LogP contribution in [0.15, 0.2) is 18.2 Å². The van der Waals surface area contributed by atoms with E-state index in [0.717, 1.165) is 28.1 Å². The van der Waals surface area contributed by atoms with Crippen LogP contribution in [0.1, 0.15) is 6.42 Å². The van der Waals surface area contributed by atoms with Crippen LogP contribution >= 0.6 is 22.6 Å². The van der Waals surface area contributed by atoms with E-state index in [4.69, 9.17) is 14.2 Å². The minimum atomic E-state index is 0.166. The minimum Gasteiger partial charge on any atom is -0.493 e. The molecule has 2 rings (SSSR count). The highest BCUT2D eigenvalue weighted by molar-refractivity contribution is 14.1. The van der Waals surface area contributed by atoms with Crippen LogP contribution in [0.5, 0.6) is 11.5 Å². The molecule has 3 nitrogen and oxygen atoms in total. The number of halogens is 1. The first-order chi connectivity index (χ1) is 7.29. The normalized spacial score (nSPS) is 20.3. The molecule has 1 aliphatic heterocycles. The maximum absolute atomic E-state index is 5.80. The minimum absolute atomic E-state index is 0.166. The number of methoxy groups -OCH3 is 1. The van der Waals surface area contributed by atoms with E-state index < -0.39 is 0 Å². The molecule has 15 heavy (non-hydrogen) atoms. The number of rotatable bonds is 3. The maximum atomic E-state index is 5.80. The molecule has 1 atom stereocenters. The Morgan fingerprint density at radius 1 is 1.40 bits per heavy atom. The van der Waals surface area contributed by atoms with Gasteiger partial charge < -0.3 is 14.2 Å². The SMILES string of the molecule is COc1cc(I)ccc1OC1CCOC1. The fourth-order valence-electron chi connectivity index (χ4n) is 1.52. The molecule has 1 fully saturated rings. The van der Waals surface area contributed by atoms with E-state index in [2.05, 4.69) is 22.6 Å². The molecule has 0 amide bonds. The zero-order valence-electron chi connectivity index (χ0n) is 8.53. The predicted molar refractivity (Wildman–Crippen MR) is 65.6 cm³/mol. The van der Waals surface area contributed by atoms with Crippen LogP contribution in [0.4, 0.5) is 0 Å². The lowest BCUT2D eigenvalue weighted by Crippen LogP contribution is -2.16. The summed E-state index contributed by atoms with van der Waals surface area (Å²) in [7, 11) is 1.66. The van der Waals surface area contributed by atoms with Crippen LogP contribution < -0.4 is 9.47 Å². The average molecular weight is 320 g/mol. The highest BCUT2D eigenvalue weighted by Gasteiger charge is 2.18. The van der Waals surface area contributed by atoms with Crippen molar-refractivity contribution in [3.8, 4) is 11.5 Å². The zero-order valence-corrected chi connectivity index (χ0v) is 10.7. The predicted octanol–water partition coefficient (Wildman–Crippen LogP) is 2.47. The van der Waals surface area contributed by atoms with Crippen LogP contribution in [-0.2, 0) is 4.74 Å². The lowest BCUT2D eigenvalue weighted by Gasteiger charge is -2.14. The fourth-order valence-corrected chi connectivity index (χ4v) is 1.99. The van der Waals surface area contributed by atoms with Gasteiger partial charge in [-0.3, -0.25) is 0 Å². The molecule has 1 aliphatic rings. The summed E-state index contributed by atoms with van der Waals surface area (Å²) in [5.41, 5.74) is 0. The second kappa shape index (κ2) is 5.03. The molecule has 1 unspecified atom stereocenters. The molecule has 1 saturated heterocycles. The molecule has 82 valence electrons. The molecule has 4 heteroatoms. The summed E-state index contributed by atoms with van der Waals surface area (Å²) in [6.07, 6.45) is 1.12.